The summed E-state index contributed by atoms with van der Waals surface area (Å²) in [5.41, 5.74) is -5.65. The number of carbonyl (C=O) groups excluding carboxylic acids is 2. The van der Waals surface area contributed by atoms with Crippen LogP contribution in [0.4, 0.5) is 13.2 Å². The van der Waals surface area contributed by atoms with Crippen molar-refractivity contribution in [1.29, 1.82) is 0 Å². The van der Waals surface area contributed by atoms with Gasteiger partial charge >= 0.3 is 25.3 Å². The van der Waals surface area contributed by atoms with Crippen molar-refractivity contribution in [3.8, 4) is 0 Å². The second-order valence-corrected chi connectivity index (χ2v) is 17.5. The van der Waals surface area contributed by atoms with Gasteiger partial charge in [-0.3, -0.25) is 23.2 Å². The molecule has 0 N–H and O–H groups in total. The lowest BCUT2D eigenvalue weighted by Gasteiger charge is -2.25. The van der Waals surface area contributed by atoms with Crippen molar-refractivity contribution >= 4 is 29.9 Å². The van der Waals surface area contributed by atoms with Crippen LogP contribution in [-0.2, 0) is 47.3 Å². The molecule has 0 saturated carbocycles. The predicted octanol–water partition coefficient (Wildman–Crippen LogP) is 9.94. The Morgan fingerprint density at radius 2 is 1.13 bits per heavy atom. The van der Waals surface area contributed by atoms with E-state index in [4.69, 9.17) is 36.0 Å². The number of alkyl halides is 3. The van der Waals surface area contributed by atoms with Crippen molar-refractivity contribution in [3.63, 3.8) is 0 Å². The van der Waals surface area contributed by atoms with E-state index in [1.165, 1.54) is 45.6 Å². The number of phosphoric acid groups is 1. The number of unbranched alkanes of at least 4 members (excludes halogenated alkanes) is 14. The van der Waals surface area contributed by atoms with Crippen LogP contribution in [0, 0.1) is 0 Å². The van der Waals surface area contributed by atoms with Crippen LogP contribution in [0.2, 0.25) is 0 Å². The fraction of sp³-hybridized carbons (Fsp3) is 0.842. The van der Waals surface area contributed by atoms with Crippen molar-refractivity contribution in [2.75, 3.05) is 54.6 Å². The first-order chi connectivity index (χ1) is 25.8. The predicted molar refractivity (Wildman–Crippen MR) is 208 cm³/mol. The number of carbonyl (C=O) groups is 2. The van der Waals surface area contributed by atoms with E-state index >= 15 is 0 Å². The summed E-state index contributed by atoms with van der Waals surface area (Å²) in [6.45, 7) is 4.72. The summed E-state index contributed by atoms with van der Waals surface area (Å²) < 4.78 is 99.5. The van der Waals surface area contributed by atoms with Crippen molar-refractivity contribution in [2.24, 2.45) is 0 Å². The first-order valence-electron chi connectivity index (χ1n) is 19.7. The SMILES string of the molecule is CCCC/C=C\CCCCCCCC(=O)OC[C@H](COP(=O)(OC)OCC[N+](C)(C)C)OC(=O)CCCCCCC/C=C\CCCC.O=S(=O)([O-])C(F)(F)F. The maximum Gasteiger partial charge on any atom is 0.485 e. The molecule has 0 fully saturated rings. The standard InChI is InChI=1S/C37H71NO8P.CHF3O3S/c1-7-9-11-13-15-17-19-21-23-25-27-29-36(39)43-33-35(34-45-47(41,42-6)44-32-31-38(3,4)5)46-37(40)30-28-26-24-22-20-18-16-14-12-10-8-2;2-1(3,4)8(5,6)7/h13-16,35H,7-12,17-34H2,1-6H3;(H,5,6,7)/q+1;/p-1/b15-13-,16-14-;/t35-,47?;/m1./s1. The molecule has 0 heterocycles. The van der Waals surface area contributed by atoms with Crippen LogP contribution in [0.3, 0.4) is 0 Å². The highest BCUT2D eigenvalue weighted by Crippen LogP contribution is 2.48. The third-order valence-corrected chi connectivity index (χ3v) is 9.93. The van der Waals surface area contributed by atoms with Crippen LogP contribution in [0.1, 0.15) is 142 Å². The third-order valence-electron chi connectivity index (χ3n) is 7.95. The van der Waals surface area contributed by atoms with Gasteiger partial charge in [-0.2, -0.15) is 13.2 Å². The van der Waals surface area contributed by atoms with Gasteiger partial charge in [0, 0.05) is 20.0 Å². The van der Waals surface area contributed by atoms with Crippen molar-refractivity contribution in [3.05, 3.63) is 24.3 Å². The molecular weight excluding hydrogens is 766 g/mol. The molecule has 0 spiro atoms. The number of phosphoric ester groups is 1. The molecule has 0 bridgehead atoms. The summed E-state index contributed by atoms with van der Waals surface area (Å²) in [5.74, 6) is -0.744. The lowest BCUT2D eigenvalue weighted by molar-refractivity contribution is -0.870. The second-order valence-electron chi connectivity index (χ2n) is 14.3. The molecule has 326 valence electrons. The highest BCUT2D eigenvalue weighted by atomic mass is 32.2. The fourth-order valence-electron chi connectivity index (χ4n) is 4.60. The Morgan fingerprint density at radius 3 is 1.55 bits per heavy atom. The highest BCUT2D eigenvalue weighted by Gasteiger charge is 2.37. The molecule has 0 aromatic carbocycles. The second kappa shape index (κ2) is 33.2. The van der Waals surface area contributed by atoms with Gasteiger partial charge in [0.1, 0.15) is 19.8 Å². The number of likely N-dealkylation sites (N-methyl/N-ethyl adjacent to an activating group) is 1. The quantitative estimate of drug-likeness (QED) is 0.0118. The van der Waals surface area contributed by atoms with E-state index in [2.05, 4.69) is 38.2 Å². The molecular formula is C38H71F3NO11PS. The zero-order chi connectivity index (χ0) is 42.1. The van der Waals surface area contributed by atoms with E-state index in [9.17, 15) is 27.3 Å². The number of rotatable bonds is 33. The lowest BCUT2D eigenvalue weighted by atomic mass is 10.1. The maximum atomic E-state index is 13.0. The van der Waals surface area contributed by atoms with Crippen LogP contribution < -0.4 is 0 Å². The number of allylic oxidation sites excluding steroid dienone is 4. The zero-order valence-electron chi connectivity index (χ0n) is 34.3. The molecule has 1 unspecified atom stereocenters. The summed E-state index contributed by atoms with van der Waals surface area (Å²) in [6.07, 6.45) is 28.4. The number of esters is 2. The Hall–Kier alpha value is -1.81. The summed E-state index contributed by atoms with van der Waals surface area (Å²) in [6, 6.07) is 0. The molecule has 55 heavy (non-hydrogen) atoms. The minimum absolute atomic E-state index is 0.166. The molecule has 0 aromatic heterocycles. The average molecular weight is 838 g/mol. The topological polar surface area (TPSA) is 155 Å². The monoisotopic (exact) mass is 837 g/mol. The van der Waals surface area contributed by atoms with Gasteiger partial charge in [0.15, 0.2) is 16.2 Å². The van der Waals surface area contributed by atoms with Crippen molar-refractivity contribution < 1.29 is 67.8 Å². The van der Waals surface area contributed by atoms with Crippen LogP contribution in [-0.4, -0.2) is 95.6 Å². The Labute approximate surface area is 329 Å². The van der Waals surface area contributed by atoms with Gasteiger partial charge in [0.25, 0.3) is 0 Å². The van der Waals surface area contributed by atoms with Gasteiger partial charge in [-0.15, -0.1) is 0 Å². The van der Waals surface area contributed by atoms with E-state index in [0.717, 1.165) is 77.0 Å². The number of ether oxygens (including phenoxy) is 2. The maximum absolute atomic E-state index is 13.0. The Bertz CT molecular complexity index is 1190. The number of nitrogens with zero attached hydrogens (tertiary/aromatic N) is 1. The molecule has 12 nitrogen and oxygen atoms in total. The highest BCUT2D eigenvalue weighted by molar-refractivity contribution is 7.86. The summed E-state index contributed by atoms with van der Waals surface area (Å²) in [4.78, 5) is 25.1. The normalized spacial score (nSPS) is 14.1. The summed E-state index contributed by atoms with van der Waals surface area (Å²) >= 11 is 0. The largest absolute Gasteiger partial charge is 0.741 e. The molecule has 0 rings (SSSR count). The van der Waals surface area contributed by atoms with Crippen LogP contribution in [0.25, 0.3) is 0 Å². The van der Waals surface area contributed by atoms with Crippen LogP contribution in [0.5, 0.6) is 0 Å². The minimum Gasteiger partial charge on any atom is -0.741 e. The van der Waals surface area contributed by atoms with Gasteiger partial charge < -0.3 is 18.5 Å². The van der Waals surface area contributed by atoms with Gasteiger partial charge in [-0.05, 0) is 51.4 Å². The number of quaternary nitrogens is 1. The van der Waals surface area contributed by atoms with Gasteiger partial charge in [0.2, 0.25) is 0 Å². The van der Waals surface area contributed by atoms with Gasteiger partial charge in [0.05, 0.1) is 27.7 Å². The number of hydrogen-bond acceptors (Lipinski definition) is 11. The number of hydrogen-bond donors (Lipinski definition) is 0. The molecule has 17 heteroatoms. The van der Waals surface area contributed by atoms with Crippen LogP contribution in [0.15, 0.2) is 24.3 Å². The Kier molecular flexibility index (Phi) is 33.4. The molecule has 0 aliphatic rings. The lowest BCUT2D eigenvalue weighted by Crippen LogP contribution is -2.37. The molecule has 0 aliphatic carbocycles. The first-order valence-corrected chi connectivity index (χ1v) is 22.6. The van der Waals surface area contributed by atoms with Gasteiger partial charge in [-0.25, -0.2) is 13.0 Å². The molecule has 0 amide bonds. The Balaban J connectivity index is 0. The number of halogens is 3. The van der Waals surface area contributed by atoms with E-state index in [1.54, 1.807) is 0 Å². The summed E-state index contributed by atoms with van der Waals surface area (Å²) in [5, 5.41) is 0. The van der Waals surface area contributed by atoms with Crippen molar-refractivity contribution in [2.45, 2.75) is 154 Å². The van der Waals surface area contributed by atoms with E-state index in [1.807, 2.05) is 21.1 Å². The first kappa shape index (κ1) is 55.3. The Morgan fingerprint density at radius 1 is 0.709 bits per heavy atom. The average Bonchev–Trinajstić information content (AvgIpc) is 3.09. The third kappa shape index (κ3) is 37.5. The smallest absolute Gasteiger partial charge is 0.485 e. The summed E-state index contributed by atoms with van der Waals surface area (Å²) in [7, 11) is -2.73. The zero-order valence-corrected chi connectivity index (χ0v) is 36.0. The molecule has 2 atom stereocenters. The molecule has 0 aliphatic heterocycles. The van der Waals surface area contributed by atoms with E-state index in [-0.39, 0.29) is 32.2 Å². The van der Waals surface area contributed by atoms with Crippen LogP contribution >= 0.6 is 7.82 Å². The van der Waals surface area contributed by atoms with E-state index < -0.39 is 35.5 Å². The molecule has 0 saturated heterocycles. The fourth-order valence-corrected chi connectivity index (χ4v) is 5.54. The van der Waals surface area contributed by atoms with Crippen molar-refractivity contribution in [1.82, 2.24) is 0 Å². The van der Waals surface area contributed by atoms with Gasteiger partial charge in [-0.1, -0.05) is 102 Å². The minimum atomic E-state index is -6.09. The molecule has 0 aromatic rings. The molecule has 0 radical (unpaired) electrons. The van der Waals surface area contributed by atoms with E-state index in [0.29, 0.717) is 17.4 Å².